The number of thioether (sulfide) groups is 1. The van der Waals surface area contributed by atoms with Crippen LogP contribution in [0.2, 0.25) is 0 Å². The molecule has 4 rings (SSSR count). The Labute approximate surface area is 209 Å². The number of thiocarbonyl (C=S) groups is 1. The Morgan fingerprint density at radius 1 is 1.21 bits per heavy atom. The molecule has 0 unspecified atom stereocenters. The van der Waals surface area contributed by atoms with Gasteiger partial charge in [-0.1, -0.05) is 43.9 Å². The molecule has 1 amide bonds. The van der Waals surface area contributed by atoms with Crippen LogP contribution in [0.3, 0.4) is 0 Å². The molecule has 2 aromatic rings. The predicted molar refractivity (Wildman–Crippen MR) is 136 cm³/mol. The number of aryl methyl sites for hydroxylation is 2. The molecule has 0 spiro atoms. The maximum atomic E-state index is 13.6. The Hall–Kier alpha value is -2.21. The molecule has 0 radical (unpaired) electrons. The highest BCUT2D eigenvalue weighted by Gasteiger charge is 2.35. The second kappa shape index (κ2) is 9.80. The zero-order valence-corrected chi connectivity index (χ0v) is 22.0. The average molecular weight is 522 g/mol. The SMILES string of the molecule is Cc1ccc(S(=O)(=O)c2nc(C=C3SC(=S)N(CC(C)C)C3=O)oc2N2CCOCC2)cc1C. The standard InChI is InChI=1S/C23H27N3O5S3/c1-14(2)13-26-21(27)18(33-23(26)32)12-19-24-20(22(31-19)25-7-9-30-10-8-25)34(28,29)17-6-5-15(3)16(4)11-17/h5-6,11-12,14H,7-10,13H2,1-4H3. The summed E-state index contributed by atoms with van der Waals surface area (Å²) in [5, 5.41) is -0.165. The number of oxazole rings is 1. The third-order valence-corrected chi connectivity index (χ3v) is 8.64. The number of nitrogens with zero attached hydrogens (tertiary/aromatic N) is 3. The van der Waals surface area contributed by atoms with Crippen molar-refractivity contribution in [3.8, 4) is 0 Å². The molecule has 2 fully saturated rings. The zero-order valence-electron chi connectivity index (χ0n) is 19.5. The highest BCUT2D eigenvalue weighted by Crippen LogP contribution is 2.36. The minimum absolute atomic E-state index is 0.0500. The molecule has 0 N–H and O–H groups in total. The van der Waals surface area contributed by atoms with Crippen LogP contribution in [0.15, 0.2) is 37.4 Å². The number of ether oxygens (including phenoxy) is 1. The first-order valence-electron chi connectivity index (χ1n) is 11.0. The van der Waals surface area contributed by atoms with Crippen LogP contribution in [0.4, 0.5) is 5.88 Å². The fourth-order valence-electron chi connectivity index (χ4n) is 3.64. The zero-order chi connectivity index (χ0) is 24.6. The number of hydrogen-bond donors (Lipinski definition) is 0. The van der Waals surface area contributed by atoms with E-state index in [1.54, 1.807) is 23.1 Å². The Morgan fingerprint density at radius 3 is 2.56 bits per heavy atom. The molecule has 11 heteroatoms. The van der Waals surface area contributed by atoms with Gasteiger partial charge in [-0.15, -0.1) is 0 Å². The smallest absolute Gasteiger partial charge is 0.266 e. The lowest BCUT2D eigenvalue weighted by Gasteiger charge is -2.26. The van der Waals surface area contributed by atoms with Crippen molar-refractivity contribution in [2.24, 2.45) is 5.92 Å². The third-order valence-electron chi connectivity index (χ3n) is 5.61. The van der Waals surface area contributed by atoms with Gasteiger partial charge in [-0.3, -0.25) is 9.69 Å². The van der Waals surface area contributed by atoms with Gasteiger partial charge in [0, 0.05) is 25.7 Å². The van der Waals surface area contributed by atoms with Gasteiger partial charge in [0.1, 0.15) is 4.32 Å². The third kappa shape index (κ3) is 4.93. The predicted octanol–water partition coefficient (Wildman–Crippen LogP) is 3.82. The van der Waals surface area contributed by atoms with E-state index in [-0.39, 0.29) is 33.5 Å². The molecule has 3 heterocycles. The van der Waals surface area contributed by atoms with Crippen molar-refractivity contribution in [1.29, 1.82) is 0 Å². The van der Waals surface area contributed by atoms with Gasteiger partial charge in [0.05, 0.1) is 23.0 Å². The van der Waals surface area contributed by atoms with E-state index in [9.17, 15) is 13.2 Å². The van der Waals surface area contributed by atoms with Crippen LogP contribution in [-0.4, -0.2) is 61.4 Å². The number of amides is 1. The molecular formula is C23H27N3O5S3. The summed E-state index contributed by atoms with van der Waals surface area (Å²) in [5.74, 6) is 0.235. The van der Waals surface area contributed by atoms with Gasteiger partial charge in [0.2, 0.25) is 26.6 Å². The Morgan fingerprint density at radius 2 is 1.91 bits per heavy atom. The number of anilines is 1. The molecule has 0 atom stereocenters. The Bertz CT molecular complexity index is 1260. The van der Waals surface area contributed by atoms with Crippen molar-refractivity contribution in [3.05, 3.63) is 40.1 Å². The number of hydrogen-bond acceptors (Lipinski definition) is 9. The van der Waals surface area contributed by atoms with Crippen molar-refractivity contribution in [2.45, 2.75) is 37.6 Å². The molecule has 1 aromatic carbocycles. The molecule has 34 heavy (non-hydrogen) atoms. The first kappa shape index (κ1) is 24.9. The molecule has 2 saturated heterocycles. The number of carbonyl (C=O) groups is 1. The fourth-order valence-corrected chi connectivity index (χ4v) is 6.30. The van der Waals surface area contributed by atoms with E-state index in [0.29, 0.717) is 42.1 Å². The van der Waals surface area contributed by atoms with Crippen LogP contribution >= 0.6 is 24.0 Å². The van der Waals surface area contributed by atoms with Gasteiger partial charge in [0.25, 0.3) is 5.91 Å². The highest BCUT2D eigenvalue weighted by molar-refractivity contribution is 8.26. The molecule has 2 aliphatic heterocycles. The average Bonchev–Trinajstić information content (AvgIpc) is 3.33. The minimum Gasteiger partial charge on any atom is -0.420 e. The summed E-state index contributed by atoms with van der Waals surface area (Å²) in [6.07, 6.45) is 1.48. The quantitative estimate of drug-likeness (QED) is 0.415. The molecule has 182 valence electrons. The summed E-state index contributed by atoms with van der Waals surface area (Å²) >= 11 is 6.53. The number of aromatic nitrogens is 1. The molecule has 0 bridgehead atoms. The van der Waals surface area contributed by atoms with E-state index < -0.39 is 9.84 Å². The lowest BCUT2D eigenvalue weighted by Crippen LogP contribution is -2.36. The summed E-state index contributed by atoms with van der Waals surface area (Å²) < 4.78 is 39.0. The van der Waals surface area contributed by atoms with Crippen molar-refractivity contribution in [1.82, 2.24) is 9.88 Å². The Balaban J connectivity index is 1.76. The minimum atomic E-state index is -3.97. The summed E-state index contributed by atoms with van der Waals surface area (Å²) in [7, 11) is -3.97. The molecule has 0 aliphatic carbocycles. The number of rotatable bonds is 6. The largest absolute Gasteiger partial charge is 0.420 e. The summed E-state index contributed by atoms with van der Waals surface area (Å²) in [5.41, 5.74) is 1.86. The number of benzene rings is 1. The van der Waals surface area contributed by atoms with E-state index >= 15 is 0 Å². The van der Waals surface area contributed by atoms with Gasteiger partial charge in [0.15, 0.2) is 0 Å². The second-order valence-electron chi connectivity index (χ2n) is 8.70. The maximum absolute atomic E-state index is 13.6. The molecule has 0 saturated carbocycles. The number of carbonyl (C=O) groups excluding carboxylic acids is 1. The monoisotopic (exact) mass is 521 g/mol. The highest BCUT2D eigenvalue weighted by atomic mass is 32.2. The van der Waals surface area contributed by atoms with Crippen molar-refractivity contribution in [3.63, 3.8) is 0 Å². The van der Waals surface area contributed by atoms with E-state index in [1.165, 1.54) is 6.08 Å². The summed E-state index contributed by atoms with van der Waals surface area (Å²) in [6.45, 7) is 10.2. The van der Waals surface area contributed by atoms with Gasteiger partial charge in [-0.25, -0.2) is 8.42 Å². The van der Waals surface area contributed by atoms with Crippen LogP contribution in [0.1, 0.15) is 30.9 Å². The van der Waals surface area contributed by atoms with Gasteiger partial charge >= 0.3 is 0 Å². The number of morpholine rings is 1. The van der Waals surface area contributed by atoms with Crippen molar-refractivity contribution >= 4 is 56.0 Å². The summed E-state index contributed by atoms with van der Waals surface area (Å²) in [6, 6.07) is 4.99. The molecular weight excluding hydrogens is 494 g/mol. The van der Waals surface area contributed by atoms with Gasteiger partial charge in [-0.2, -0.15) is 4.98 Å². The van der Waals surface area contributed by atoms with Crippen LogP contribution in [0.25, 0.3) is 6.08 Å². The normalized spacial score (nSPS) is 18.6. The molecule has 8 nitrogen and oxygen atoms in total. The van der Waals surface area contributed by atoms with Gasteiger partial charge in [-0.05, 0) is 43.0 Å². The molecule has 2 aliphatic rings. The van der Waals surface area contributed by atoms with Crippen molar-refractivity contribution < 1.29 is 22.4 Å². The van der Waals surface area contributed by atoms with Crippen LogP contribution < -0.4 is 4.90 Å². The lowest BCUT2D eigenvalue weighted by molar-refractivity contribution is -0.122. The van der Waals surface area contributed by atoms with Crippen LogP contribution in [0.5, 0.6) is 0 Å². The topological polar surface area (TPSA) is 93.0 Å². The lowest BCUT2D eigenvalue weighted by atomic mass is 10.1. The Kier molecular flexibility index (Phi) is 7.18. The fraction of sp³-hybridized carbons (Fsp3) is 0.435. The number of sulfone groups is 1. The molecule has 1 aromatic heterocycles. The van der Waals surface area contributed by atoms with E-state index in [0.717, 1.165) is 22.9 Å². The maximum Gasteiger partial charge on any atom is 0.266 e. The van der Waals surface area contributed by atoms with E-state index in [2.05, 4.69) is 4.98 Å². The van der Waals surface area contributed by atoms with Gasteiger partial charge < -0.3 is 14.1 Å². The van der Waals surface area contributed by atoms with Crippen LogP contribution in [0, 0.1) is 19.8 Å². The van der Waals surface area contributed by atoms with E-state index in [4.69, 9.17) is 21.4 Å². The van der Waals surface area contributed by atoms with Crippen molar-refractivity contribution in [2.75, 3.05) is 37.7 Å². The summed E-state index contributed by atoms with van der Waals surface area (Å²) in [4.78, 5) is 21.1. The van der Waals surface area contributed by atoms with E-state index in [1.807, 2.05) is 32.6 Å². The van der Waals surface area contributed by atoms with Crippen LogP contribution in [-0.2, 0) is 19.4 Å². The first-order valence-corrected chi connectivity index (χ1v) is 13.7. The second-order valence-corrected chi connectivity index (χ2v) is 12.2. The first-order chi connectivity index (χ1) is 16.1.